The van der Waals surface area contributed by atoms with Crippen LogP contribution in [0.25, 0.3) is 22.2 Å². The number of Topliss-reactive ketones (excluding diaryl/α,β-unsaturated/α-hetero) is 1. The first-order valence-corrected chi connectivity index (χ1v) is 10.3. The number of pyridine rings is 1. The number of hydrogen-bond donors (Lipinski definition) is 0. The summed E-state index contributed by atoms with van der Waals surface area (Å²) in [4.78, 5) is 20.4. The van der Waals surface area contributed by atoms with Crippen molar-refractivity contribution in [2.75, 3.05) is 41.7 Å². The number of hydrogen-bond acceptors (Lipinski definition) is 9. The number of fused-ring (bicyclic) bond motifs is 6. The first kappa shape index (κ1) is 20.4. The Balaban J connectivity index is 1.82. The molecule has 0 radical (unpaired) electrons. The normalized spacial score (nSPS) is 17.3. The predicted molar refractivity (Wildman–Crippen MR) is 117 cm³/mol. The highest BCUT2D eigenvalue weighted by atomic mass is 16.7. The molecule has 0 saturated heterocycles. The van der Waals surface area contributed by atoms with Crippen molar-refractivity contribution in [2.45, 2.75) is 12.8 Å². The van der Waals surface area contributed by atoms with Gasteiger partial charge in [-0.3, -0.25) is 4.79 Å². The molecule has 0 saturated carbocycles. The standard InChI is InChI=1S/C23H24N4O5/c1-11(9-27(2)3)18-19-12-6-15-16(32-10-31-15)8-14(12)25-26-20(19)13-7-17(29-4)23(30-5)24-21(13)22(18)28/h6-8,11,18H,9-10H2,1-5H3. The van der Waals surface area contributed by atoms with Crippen LogP contribution >= 0.6 is 0 Å². The molecule has 0 spiro atoms. The fourth-order valence-corrected chi connectivity index (χ4v) is 4.67. The van der Waals surface area contributed by atoms with Gasteiger partial charge in [-0.15, -0.1) is 10.2 Å². The summed E-state index contributed by atoms with van der Waals surface area (Å²) in [7, 11) is 7.02. The topological polar surface area (TPSA) is 95.9 Å². The molecule has 0 bridgehead atoms. The number of nitrogens with zero attached hydrogens (tertiary/aromatic N) is 4. The van der Waals surface area contributed by atoms with Crippen molar-refractivity contribution in [3.05, 3.63) is 29.5 Å². The number of aromatic nitrogens is 3. The van der Waals surface area contributed by atoms with Gasteiger partial charge in [0.15, 0.2) is 23.0 Å². The zero-order valence-electron chi connectivity index (χ0n) is 18.6. The second-order valence-corrected chi connectivity index (χ2v) is 8.36. The van der Waals surface area contributed by atoms with Gasteiger partial charge in [-0.05, 0) is 32.1 Å². The summed E-state index contributed by atoms with van der Waals surface area (Å²) in [5.74, 6) is 1.42. The third kappa shape index (κ3) is 3.03. The lowest BCUT2D eigenvalue weighted by atomic mass is 9.74. The first-order valence-electron chi connectivity index (χ1n) is 10.3. The van der Waals surface area contributed by atoms with E-state index < -0.39 is 5.92 Å². The van der Waals surface area contributed by atoms with E-state index in [9.17, 15) is 4.79 Å². The Morgan fingerprint density at radius 3 is 2.53 bits per heavy atom. The lowest BCUT2D eigenvalue weighted by Crippen LogP contribution is -2.32. The molecule has 2 unspecified atom stereocenters. The molecule has 1 aliphatic carbocycles. The number of rotatable bonds is 5. The van der Waals surface area contributed by atoms with Crippen molar-refractivity contribution in [3.8, 4) is 34.4 Å². The highest BCUT2D eigenvalue weighted by Gasteiger charge is 2.40. The molecule has 9 nitrogen and oxygen atoms in total. The molecule has 32 heavy (non-hydrogen) atoms. The summed E-state index contributed by atoms with van der Waals surface area (Å²) in [6.45, 7) is 2.94. The molecule has 2 aliphatic rings. The van der Waals surface area contributed by atoms with Gasteiger partial charge >= 0.3 is 0 Å². The van der Waals surface area contributed by atoms with Crippen LogP contribution in [0.1, 0.15) is 28.9 Å². The Morgan fingerprint density at radius 2 is 1.84 bits per heavy atom. The largest absolute Gasteiger partial charge is 0.491 e. The summed E-state index contributed by atoms with van der Waals surface area (Å²) >= 11 is 0. The van der Waals surface area contributed by atoms with E-state index in [1.807, 2.05) is 26.2 Å². The molecular weight excluding hydrogens is 412 g/mol. The van der Waals surface area contributed by atoms with Crippen molar-refractivity contribution < 1.29 is 23.7 Å². The van der Waals surface area contributed by atoms with Gasteiger partial charge in [-0.2, -0.15) is 0 Å². The van der Waals surface area contributed by atoms with E-state index in [0.717, 1.165) is 10.9 Å². The van der Waals surface area contributed by atoms with E-state index in [1.54, 1.807) is 6.07 Å². The van der Waals surface area contributed by atoms with Crippen LogP contribution in [0.2, 0.25) is 0 Å². The second kappa shape index (κ2) is 7.59. The minimum atomic E-state index is -0.455. The summed E-state index contributed by atoms with van der Waals surface area (Å²) in [6, 6.07) is 5.46. The van der Waals surface area contributed by atoms with Crippen LogP contribution in [-0.2, 0) is 0 Å². The molecule has 0 amide bonds. The third-order valence-corrected chi connectivity index (χ3v) is 5.97. The van der Waals surface area contributed by atoms with Crippen LogP contribution < -0.4 is 18.9 Å². The molecule has 3 heterocycles. The van der Waals surface area contributed by atoms with Gasteiger partial charge in [0, 0.05) is 29.1 Å². The maximum Gasteiger partial charge on any atom is 0.257 e. The number of benzene rings is 1. The SMILES string of the molecule is COc1cc2c(nc1OC)C(=O)C(C(C)CN(C)C)c1c-2nnc2cc3c(cc12)OCO3. The van der Waals surface area contributed by atoms with Crippen molar-refractivity contribution >= 4 is 16.7 Å². The van der Waals surface area contributed by atoms with Crippen molar-refractivity contribution in [1.82, 2.24) is 20.1 Å². The third-order valence-electron chi connectivity index (χ3n) is 5.97. The lowest BCUT2D eigenvalue weighted by Gasteiger charge is -2.31. The molecule has 1 aromatic carbocycles. The zero-order valence-corrected chi connectivity index (χ0v) is 18.6. The lowest BCUT2D eigenvalue weighted by molar-refractivity contribution is 0.0916. The minimum Gasteiger partial charge on any atom is -0.491 e. The Morgan fingerprint density at radius 1 is 1.09 bits per heavy atom. The Bertz CT molecular complexity index is 1240. The minimum absolute atomic E-state index is 0.00267. The molecule has 2 atom stereocenters. The fourth-order valence-electron chi connectivity index (χ4n) is 4.67. The molecule has 0 N–H and O–H groups in total. The van der Waals surface area contributed by atoms with Crippen LogP contribution in [-0.4, -0.2) is 67.5 Å². The second-order valence-electron chi connectivity index (χ2n) is 8.36. The van der Waals surface area contributed by atoms with E-state index in [0.29, 0.717) is 46.3 Å². The smallest absolute Gasteiger partial charge is 0.257 e. The van der Waals surface area contributed by atoms with Crippen molar-refractivity contribution in [1.29, 1.82) is 0 Å². The number of methoxy groups -OCH3 is 2. The van der Waals surface area contributed by atoms with Crippen LogP contribution in [0.5, 0.6) is 23.1 Å². The van der Waals surface area contributed by atoms with E-state index >= 15 is 0 Å². The molecule has 2 aromatic heterocycles. The molecule has 0 fully saturated rings. The summed E-state index contributed by atoms with van der Waals surface area (Å²) in [5, 5.41) is 9.81. The van der Waals surface area contributed by atoms with Gasteiger partial charge in [0.1, 0.15) is 5.69 Å². The first-order chi connectivity index (χ1) is 15.4. The number of ketones is 1. The molecule has 1 aliphatic heterocycles. The van der Waals surface area contributed by atoms with E-state index in [4.69, 9.17) is 18.9 Å². The average Bonchev–Trinajstić information content (AvgIpc) is 3.23. The highest BCUT2D eigenvalue weighted by Crippen LogP contribution is 2.48. The van der Waals surface area contributed by atoms with Crippen LogP contribution in [0, 0.1) is 5.92 Å². The predicted octanol–water partition coefficient (Wildman–Crippen LogP) is 2.92. The van der Waals surface area contributed by atoms with Crippen LogP contribution in [0.15, 0.2) is 18.2 Å². The quantitative estimate of drug-likeness (QED) is 0.598. The summed E-state index contributed by atoms with van der Waals surface area (Å²) in [5.41, 5.74) is 3.01. The Hall–Kier alpha value is -3.46. The maximum absolute atomic E-state index is 13.9. The monoisotopic (exact) mass is 436 g/mol. The summed E-state index contributed by atoms with van der Waals surface area (Å²) in [6.07, 6.45) is 0. The van der Waals surface area contributed by atoms with E-state index in [-0.39, 0.29) is 24.4 Å². The molecule has 166 valence electrons. The van der Waals surface area contributed by atoms with Crippen molar-refractivity contribution in [2.24, 2.45) is 5.92 Å². The van der Waals surface area contributed by atoms with Gasteiger partial charge in [-0.1, -0.05) is 6.92 Å². The van der Waals surface area contributed by atoms with Gasteiger partial charge in [0.05, 0.1) is 31.3 Å². The zero-order chi connectivity index (χ0) is 22.6. The van der Waals surface area contributed by atoms with Gasteiger partial charge < -0.3 is 23.8 Å². The fraction of sp³-hybridized carbons (Fsp3) is 0.391. The van der Waals surface area contributed by atoms with Crippen LogP contribution in [0.3, 0.4) is 0 Å². The summed E-state index contributed by atoms with van der Waals surface area (Å²) < 4.78 is 21.9. The molecule has 5 rings (SSSR count). The number of carbonyl (C=O) groups is 1. The Kier molecular flexibility index (Phi) is 4.85. The van der Waals surface area contributed by atoms with Crippen LogP contribution in [0.4, 0.5) is 0 Å². The maximum atomic E-state index is 13.9. The molecule has 3 aromatic rings. The van der Waals surface area contributed by atoms with E-state index in [2.05, 4.69) is 27.0 Å². The van der Waals surface area contributed by atoms with Gasteiger partial charge in [0.2, 0.25) is 6.79 Å². The highest BCUT2D eigenvalue weighted by molar-refractivity contribution is 6.11. The van der Waals surface area contributed by atoms with Gasteiger partial charge in [0.25, 0.3) is 5.88 Å². The number of ether oxygens (including phenoxy) is 4. The molecular formula is C23H24N4O5. The average molecular weight is 436 g/mol. The Labute approximate surface area is 185 Å². The van der Waals surface area contributed by atoms with Gasteiger partial charge in [-0.25, -0.2) is 4.98 Å². The van der Waals surface area contributed by atoms with Crippen molar-refractivity contribution in [3.63, 3.8) is 0 Å². The molecule has 9 heteroatoms. The number of carbonyl (C=O) groups excluding carboxylic acids is 1. The van der Waals surface area contributed by atoms with E-state index in [1.165, 1.54) is 14.2 Å².